The molecule has 1 unspecified atom stereocenters. The van der Waals surface area contributed by atoms with Crippen LogP contribution in [-0.4, -0.2) is 47.4 Å². The minimum absolute atomic E-state index is 0.0677. The summed E-state index contributed by atoms with van der Waals surface area (Å²) in [5.41, 5.74) is -0.168. The fourth-order valence-corrected chi connectivity index (χ4v) is 3.32. The number of aryl methyl sites for hydroxylation is 1. The average Bonchev–Trinajstić information content (AvgIpc) is 2.60. The number of aliphatic hydroxyl groups excluding tert-OH is 1. The van der Waals surface area contributed by atoms with Crippen LogP contribution in [-0.2, 0) is 6.18 Å². The van der Waals surface area contributed by atoms with Crippen LogP contribution in [0.4, 0.5) is 19.1 Å². The van der Waals surface area contributed by atoms with Gasteiger partial charge in [-0.1, -0.05) is 11.6 Å². The lowest BCUT2D eigenvalue weighted by Crippen LogP contribution is -2.34. The van der Waals surface area contributed by atoms with Crippen molar-refractivity contribution in [3.63, 3.8) is 0 Å². The minimum Gasteiger partial charge on any atom is -0.489 e. The maximum absolute atomic E-state index is 12.6. The number of anilines is 1. The molecule has 1 aromatic carbocycles. The summed E-state index contributed by atoms with van der Waals surface area (Å²) in [5, 5.41) is 16.2. The highest BCUT2D eigenvalue weighted by Gasteiger charge is 2.32. The summed E-state index contributed by atoms with van der Waals surface area (Å²) in [4.78, 5) is 7.14. The first-order chi connectivity index (χ1) is 13.2. The second-order valence-electron chi connectivity index (χ2n) is 5.89. The van der Waals surface area contributed by atoms with E-state index in [1.54, 1.807) is 12.1 Å². The summed E-state index contributed by atoms with van der Waals surface area (Å²) < 4.78 is 44.1. The summed E-state index contributed by atoms with van der Waals surface area (Å²) in [7, 11) is 0. The van der Waals surface area contributed by atoms with Gasteiger partial charge >= 0.3 is 6.18 Å². The Morgan fingerprint density at radius 3 is 2.75 bits per heavy atom. The molecule has 0 fully saturated rings. The zero-order valence-electron chi connectivity index (χ0n) is 14.9. The third kappa shape index (κ3) is 7.08. The van der Waals surface area contributed by atoms with E-state index in [1.165, 1.54) is 0 Å². The van der Waals surface area contributed by atoms with Crippen molar-refractivity contribution in [3.8, 4) is 5.75 Å². The molecule has 0 aliphatic carbocycles. The van der Waals surface area contributed by atoms with Gasteiger partial charge in [0.25, 0.3) is 0 Å². The topological polar surface area (TPSA) is 79.3 Å². The van der Waals surface area contributed by atoms with Gasteiger partial charge in [-0.25, -0.2) is 9.97 Å². The Kier molecular flexibility index (Phi) is 8.29. The molecule has 0 saturated heterocycles. The van der Waals surface area contributed by atoms with E-state index in [0.29, 0.717) is 21.8 Å². The number of aromatic nitrogens is 2. The molecule has 28 heavy (non-hydrogen) atoms. The number of hydrogen-bond donors (Lipinski definition) is 3. The van der Waals surface area contributed by atoms with Gasteiger partial charge in [0.2, 0.25) is 5.95 Å². The smallest absolute Gasteiger partial charge is 0.433 e. The molecule has 0 aliphatic heterocycles. The van der Waals surface area contributed by atoms with Crippen LogP contribution in [0.15, 0.2) is 28.9 Å². The maximum atomic E-state index is 12.6. The molecule has 0 amide bonds. The Bertz CT molecular complexity index is 772. The SMILES string of the molecule is Cc1cc(Cl)cc(Br)c1OCC(O)CNCCNc1nccc(C(F)(F)F)n1. The van der Waals surface area contributed by atoms with Gasteiger partial charge in [-0.05, 0) is 46.6 Å². The quantitative estimate of drug-likeness (QED) is 0.473. The number of nitrogens with one attached hydrogen (secondary N) is 2. The molecular formula is C17H19BrClF3N4O2. The molecule has 1 aromatic heterocycles. The van der Waals surface area contributed by atoms with Crippen molar-refractivity contribution in [1.82, 2.24) is 15.3 Å². The number of alkyl halides is 3. The van der Waals surface area contributed by atoms with Gasteiger partial charge in [-0.2, -0.15) is 13.2 Å². The zero-order valence-corrected chi connectivity index (χ0v) is 17.2. The Balaban J connectivity index is 1.69. The van der Waals surface area contributed by atoms with Gasteiger partial charge in [0.15, 0.2) is 0 Å². The number of hydrogen-bond acceptors (Lipinski definition) is 6. The van der Waals surface area contributed by atoms with Crippen LogP contribution in [0.1, 0.15) is 11.3 Å². The third-order valence-electron chi connectivity index (χ3n) is 3.53. The number of benzene rings is 1. The van der Waals surface area contributed by atoms with Crippen LogP contribution >= 0.6 is 27.5 Å². The molecule has 0 aliphatic rings. The molecule has 6 nitrogen and oxygen atoms in total. The second kappa shape index (κ2) is 10.2. The number of ether oxygens (including phenoxy) is 1. The number of halogens is 5. The lowest BCUT2D eigenvalue weighted by molar-refractivity contribution is -0.141. The summed E-state index contributed by atoms with van der Waals surface area (Å²) >= 11 is 9.31. The number of rotatable bonds is 9. The van der Waals surface area contributed by atoms with Crippen LogP contribution in [0, 0.1) is 6.92 Å². The maximum Gasteiger partial charge on any atom is 0.433 e. The number of nitrogens with zero attached hydrogens (tertiary/aromatic N) is 2. The Morgan fingerprint density at radius 2 is 2.07 bits per heavy atom. The fraction of sp³-hybridized carbons (Fsp3) is 0.412. The molecule has 1 heterocycles. The van der Waals surface area contributed by atoms with E-state index in [-0.39, 0.29) is 25.6 Å². The molecule has 0 saturated carbocycles. The van der Waals surface area contributed by atoms with E-state index >= 15 is 0 Å². The Labute approximate surface area is 173 Å². The summed E-state index contributed by atoms with van der Waals surface area (Å²) in [6.07, 6.45) is -4.24. The standard InChI is InChI=1S/C17H19BrClF3N4O2/c1-10-6-11(19)7-13(18)15(10)28-9-12(27)8-23-4-5-25-16-24-3-2-14(26-16)17(20,21)22/h2-3,6-7,12,23,27H,4-5,8-9H2,1H3,(H,24,25,26). The lowest BCUT2D eigenvalue weighted by atomic mass is 10.2. The van der Waals surface area contributed by atoms with E-state index in [9.17, 15) is 18.3 Å². The molecule has 11 heteroatoms. The molecular weight excluding hydrogens is 465 g/mol. The first kappa shape index (κ1) is 22.7. The fourth-order valence-electron chi connectivity index (χ4n) is 2.24. The molecule has 2 aromatic rings. The third-order valence-corrected chi connectivity index (χ3v) is 4.33. The molecule has 0 radical (unpaired) electrons. The van der Waals surface area contributed by atoms with Gasteiger partial charge in [0.05, 0.1) is 4.47 Å². The first-order valence-corrected chi connectivity index (χ1v) is 9.45. The van der Waals surface area contributed by atoms with Crippen LogP contribution in [0.3, 0.4) is 0 Å². The van der Waals surface area contributed by atoms with Gasteiger partial charge in [0, 0.05) is 30.9 Å². The van der Waals surface area contributed by atoms with Gasteiger partial charge in [-0.15, -0.1) is 0 Å². The van der Waals surface area contributed by atoms with Gasteiger partial charge < -0.3 is 20.5 Å². The zero-order chi connectivity index (χ0) is 20.7. The average molecular weight is 484 g/mol. The largest absolute Gasteiger partial charge is 0.489 e. The van der Waals surface area contributed by atoms with Crippen LogP contribution < -0.4 is 15.4 Å². The molecule has 3 N–H and O–H groups in total. The highest BCUT2D eigenvalue weighted by Crippen LogP contribution is 2.32. The van der Waals surface area contributed by atoms with Gasteiger partial charge in [-0.3, -0.25) is 0 Å². The van der Waals surface area contributed by atoms with Crippen LogP contribution in [0.2, 0.25) is 5.02 Å². The van der Waals surface area contributed by atoms with E-state index in [0.717, 1.165) is 17.8 Å². The van der Waals surface area contributed by atoms with Crippen molar-refractivity contribution in [2.75, 3.05) is 31.6 Å². The van der Waals surface area contributed by atoms with Crippen LogP contribution in [0.5, 0.6) is 5.75 Å². The minimum atomic E-state index is -4.51. The Hall–Kier alpha value is -1.62. The summed E-state index contributed by atoms with van der Waals surface area (Å²) in [6.45, 7) is 2.84. The van der Waals surface area contributed by atoms with Crippen molar-refractivity contribution in [2.24, 2.45) is 0 Å². The van der Waals surface area contributed by atoms with Crippen LogP contribution in [0.25, 0.3) is 0 Å². The molecule has 0 bridgehead atoms. The normalized spacial score (nSPS) is 12.7. The van der Waals surface area contributed by atoms with Crippen molar-refractivity contribution in [3.05, 3.63) is 45.1 Å². The number of aliphatic hydroxyl groups is 1. The van der Waals surface area contributed by atoms with Crippen molar-refractivity contribution in [2.45, 2.75) is 19.2 Å². The predicted molar refractivity (Wildman–Crippen MR) is 104 cm³/mol. The van der Waals surface area contributed by atoms with E-state index in [2.05, 4.69) is 36.5 Å². The monoisotopic (exact) mass is 482 g/mol. The van der Waals surface area contributed by atoms with Crippen molar-refractivity contribution < 1.29 is 23.0 Å². The summed E-state index contributed by atoms with van der Waals surface area (Å²) in [6, 6.07) is 4.27. The molecule has 0 spiro atoms. The van der Waals surface area contributed by atoms with Gasteiger partial charge in [0.1, 0.15) is 24.2 Å². The molecule has 1 atom stereocenters. The second-order valence-corrected chi connectivity index (χ2v) is 7.18. The Morgan fingerprint density at radius 1 is 1.32 bits per heavy atom. The van der Waals surface area contributed by atoms with Crippen molar-refractivity contribution >= 4 is 33.5 Å². The highest BCUT2D eigenvalue weighted by molar-refractivity contribution is 9.10. The predicted octanol–water partition coefficient (Wildman–Crippen LogP) is 3.66. The molecule has 2 rings (SSSR count). The van der Waals surface area contributed by atoms with E-state index in [4.69, 9.17) is 16.3 Å². The highest BCUT2D eigenvalue weighted by atomic mass is 79.9. The molecule has 154 valence electrons. The van der Waals surface area contributed by atoms with E-state index in [1.807, 2.05) is 6.92 Å². The lowest BCUT2D eigenvalue weighted by Gasteiger charge is -2.16. The first-order valence-electron chi connectivity index (χ1n) is 8.28. The van der Waals surface area contributed by atoms with Crippen molar-refractivity contribution in [1.29, 1.82) is 0 Å². The summed E-state index contributed by atoms with van der Waals surface area (Å²) in [5.74, 6) is 0.496. The van der Waals surface area contributed by atoms with E-state index < -0.39 is 18.0 Å².